The molecular formula is C18H11ClN4O8S2. The summed E-state index contributed by atoms with van der Waals surface area (Å²) < 4.78 is 57.2. The van der Waals surface area contributed by atoms with Crippen LogP contribution in [0.4, 0.5) is 11.4 Å². The molecule has 33 heavy (non-hydrogen) atoms. The summed E-state index contributed by atoms with van der Waals surface area (Å²) in [5, 5.41) is 21.9. The molecule has 0 saturated carbocycles. The number of sulfonamides is 2. The van der Waals surface area contributed by atoms with E-state index in [0.29, 0.717) is 0 Å². The van der Waals surface area contributed by atoms with Crippen molar-refractivity contribution < 1.29 is 26.7 Å². The molecule has 0 unspecified atom stereocenters. The number of nitro benzene ring substituents is 2. The third kappa shape index (κ3) is 5.19. The Morgan fingerprint density at radius 3 is 1.64 bits per heavy atom. The summed E-state index contributed by atoms with van der Waals surface area (Å²) in [5.41, 5.74) is -1.92. The molecule has 12 nitrogen and oxygen atoms in total. The number of para-hydroxylation sites is 2. The highest BCUT2D eigenvalue weighted by atomic mass is 35.5. The van der Waals surface area contributed by atoms with Crippen molar-refractivity contribution >= 4 is 54.4 Å². The minimum Gasteiger partial charge on any atom is -0.258 e. The number of halogens is 1. The summed E-state index contributed by atoms with van der Waals surface area (Å²) in [6.07, 6.45) is 3.11. The number of nitrogens with zero attached hydrogens (tertiary/aromatic N) is 4. The highest BCUT2D eigenvalue weighted by Gasteiger charge is 2.27. The quantitative estimate of drug-likeness (QED) is 0.322. The van der Waals surface area contributed by atoms with Gasteiger partial charge in [-0.3, -0.25) is 20.2 Å². The number of benzene rings is 2. The lowest BCUT2D eigenvalue weighted by Gasteiger charge is -2.08. The van der Waals surface area contributed by atoms with E-state index < -0.39 is 51.1 Å². The maximum atomic E-state index is 12.6. The first kappa shape index (κ1) is 23.9. The van der Waals surface area contributed by atoms with Crippen molar-refractivity contribution in [3.8, 4) is 0 Å². The predicted molar refractivity (Wildman–Crippen MR) is 119 cm³/mol. The lowest BCUT2D eigenvalue weighted by molar-refractivity contribution is -0.388. The van der Waals surface area contributed by atoms with Gasteiger partial charge in [0.2, 0.25) is 0 Å². The number of rotatable bonds is 6. The number of hydrogen-bond donors (Lipinski definition) is 0. The fourth-order valence-corrected chi connectivity index (χ4v) is 5.23. The zero-order valence-electron chi connectivity index (χ0n) is 16.1. The molecule has 0 amide bonds. The van der Waals surface area contributed by atoms with E-state index in [1.165, 1.54) is 24.3 Å². The van der Waals surface area contributed by atoms with Crippen molar-refractivity contribution in [3.63, 3.8) is 0 Å². The predicted octanol–water partition coefficient (Wildman–Crippen LogP) is 3.16. The Hall–Kier alpha value is -3.75. The van der Waals surface area contributed by atoms with Gasteiger partial charge >= 0.3 is 0 Å². The molecule has 0 aliphatic heterocycles. The van der Waals surface area contributed by atoms with Crippen molar-refractivity contribution in [3.05, 3.63) is 92.0 Å². The van der Waals surface area contributed by atoms with Crippen molar-refractivity contribution in [1.82, 2.24) is 0 Å². The van der Waals surface area contributed by atoms with Crippen LogP contribution >= 0.6 is 11.6 Å². The van der Waals surface area contributed by atoms with Crippen LogP contribution in [0.1, 0.15) is 0 Å². The first-order chi connectivity index (χ1) is 15.4. The summed E-state index contributed by atoms with van der Waals surface area (Å²) in [6, 6.07) is 9.19. The van der Waals surface area contributed by atoms with Crippen LogP contribution in [0.25, 0.3) is 0 Å². The van der Waals surface area contributed by atoms with Crippen LogP contribution < -0.4 is 0 Å². The van der Waals surface area contributed by atoms with Gasteiger partial charge in [0.05, 0.1) is 26.3 Å². The molecule has 15 heteroatoms. The minimum absolute atomic E-state index is 0.250. The third-order valence-corrected chi connectivity index (χ3v) is 7.05. The topological polar surface area (TPSA) is 179 Å². The first-order valence-electron chi connectivity index (χ1n) is 8.65. The van der Waals surface area contributed by atoms with E-state index in [9.17, 15) is 37.1 Å². The van der Waals surface area contributed by atoms with Crippen LogP contribution in [0.5, 0.6) is 0 Å². The zero-order chi connectivity index (χ0) is 24.4. The maximum absolute atomic E-state index is 12.6. The van der Waals surface area contributed by atoms with Crippen molar-refractivity contribution in [2.75, 3.05) is 0 Å². The van der Waals surface area contributed by atoms with E-state index in [0.717, 1.165) is 42.5 Å². The fourth-order valence-electron chi connectivity index (χ4n) is 2.65. The van der Waals surface area contributed by atoms with E-state index >= 15 is 0 Å². The van der Waals surface area contributed by atoms with Gasteiger partial charge in [-0.15, -0.1) is 0 Å². The molecule has 0 aromatic heterocycles. The summed E-state index contributed by atoms with van der Waals surface area (Å²) in [6.45, 7) is 0. The van der Waals surface area contributed by atoms with Crippen LogP contribution in [-0.2, 0) is 20.0 Å². The van der Waals surface area contributed by atoms with Crippen LogP contribution in [0, 0.1) is 20.2 Å². The summed E-state index contributed by atoms with van der Waals surface area (Å²) in [7, 11) is -9.05. The smallest absolute Gasteiger partial charge is 0.258 e. The molecular weight excluding hydrogens is 500 g/mol. The van der Waals surface area contributed by atoms with Crippen molar-refractivity contribution in [1.29, 1.82) is 0 Å². The molecule has 1 aliphatic carbocycles. The number of allylic oxidation sites excluding steroid dienone is 4. The molecule has 2 aromatic rings. The molecule has 2 aromatic carbocycles. The highest BCUT2D eigenvalue weighted by molar-refractivity contribution is 7.90. The second-order valence-corrected chi connectivity index (χ2v) is 9.77. The molecule has 170 valence electrons. The molecule has 0 saturated heterocycles. The van der Waals surface area contributed by atoms with Gasteiger partial charge in [-0.05, 0) is 30.4 Å². The molecule has 1 aliphatic rings. The summed E-state index contributed by atoms with van der Waals surface area (Å²) in [5.74, 6) is 0. The monoisotopic (exact) mass is 510 g/mol. The van der Waals surface area contributed by atoms with Gasteiger partial charge in [0, 0.05) is 12.1 Å². The van der Waals surface area contributed by atoms with Gasteiger partial charge < -0.3 is 0 Å². The van der Waals surface area contributed by atoms with Crippen LogP contribution in [0.2, 0.25) is 0 Å². The molecule has 0 atom stereocenters. The van der Waals surface area contributed by atoms with E-state index in [1.54, 1.807) is 0 Å². The second-order valence-electron chi connectivity index (χ2n) is 6.22. The van der Waals surface area contributed by atoms with Gasteiger partial charge in [0.1, 0.15) is 0 Å². The third-order valence-electron chi connectivity index (χ3n) is 4.06. The Labute approximate surface area is 191 Å². The molecule has 0 bridgehead atoms. The molecule has 0 heterocycles. The van der Waals surface area contributed by atoms with Crippen LogP contribution in [0.3, 0.4) is 0 Å². The average molecular weight is 511 g/mol. The van der Waals surface area contributed by atoms with Gasteiger partial charge in [-0.2, -0.15) is 25.6 Å². The summed E-state index contributed by atoms with van der Waals surface area (Å²) >= 11 is 6.03. The number of nitro groups is 2. The maximum Gasteiger partial charge on any atom is 0.289 e. The van der Waals surface area contributed by atoms with Gasteiger partial charge in [-0.1, -0.05) is 35.9 Å². The van der Waals surface area contributed by atoms with Gasteiger partial charge in [-0.25, -0.2) is 0 Å². The lowest BCUT2D eigenvalue weighted by Crippen LogP contribution is -2.11. The second kappa shape index (κ2) is 9.01. The Kier molecular flexibility index (Phi) is 6.53. The van der Waals surface area contributed by atoms with E-state index in [-0.39, 0.29) is 16.5 Å². The largest absolute Gasteiger partial charge is 0.289 e. The van der Waals surface area contributed by atoms with Gasteiger partial charge in [0.25, 0.3) is 31.4 Å². The molecule has 3 rings (SSSR count). The molecule has 0 fully saturated rings. The van der Waals surface area contributed by atoms with Crippen LogP contribution in [-0.4, -0.2) is 38.1 Å². The lowest BCUT2D eigenvalue weighted by atomic mass is 10.1. The average Bonchev–Trinajstić information content (AvgIpc) is 2.75. The Morgan fingerprint density at radius 2 is 1.18 bits per heavy atom. The van der Waals surface area contributed by atoms with Crippen LogP contribution in [0.15, 0.2) is 90.4 Å². The first-order valence-corrected chi connectivity index (χ1v) is 11.9. The molecule has 0 N–H and O–H groups in total. The normalized spacial score (nSPS) is 16.6. The Balaban J connectivity index is 1.99. The van der Waals surface area contributed by atoms with E-state index in [4.69, 9.17) is 11.6 Å². The van der Waals surface area contributed by atoms with Crippen molar-refractivity contribution in [2.24, 2.45) is 8.80 Å². The van der Waals surface area contributed by atoms with Gasteiger partial charge in [0.15, 0.2) is 9.79 Å². The minimum atomic E-state index is -4.54. The van der Waals surface area contributed by atoms with E-state index in [1.807, 2.05) is 0 Å². The SMILES string of the molecule is O=[N+]([O-])c1ccccc1S(=O)(=O)/N=C1C=C/C(=N\S(=O)(=O)c2ccccc2[N+](=O)[O-])C(Cl)=C\1. The Bertz CT molecular complexity index is 1510. The van der Waals surface area contributed by atoms with E-state index in [2.05, 4.69) is 8.80 Å². The highest BCUT2D eigenvalue weighted by Crippen LogP contribution is 2.27. The molecule has 0 spiro atoms. The number of hydrogen-bond acceptors (Lipinski definition) is 8. The summed E-state index contributed by atoms with van der Waals surface area (Å²) in [4.78, 5) is 19.2. The fraction of sp³-hybridized carbons (Fsp3) is 0. The van der Waals surface area contributed by atoms with Crippen molar-refractivity contribution in [2.45, 2.75) is 9.79 Å². The molecule has 0 radical (unpaired) electrons. The zero-order valence-corrected chi connectivity index (χ0v) is 18.5. The Morgan fingerprint density at radius 1 is 0.727 bits per heavy atom. The standard InChI is InChI=1S/C18H11ClN4O8S2/c19-13-11-12(20-32(28,29)17-7-3-1-5-15(17)22(24)25)9-10-14(13)21-33(30,31)18-8-4-2-6-16(18)23(26)27/h1-11H/b20-12+,21-14+.